The number of aryl methyl sites for hydroxylation is 1. The molecule has 0 aliphatic carbocycles. The van der Waals surface area contributed by atoms with Gasteiger partial charge in [-0.3, -0.25) is 4.90 Å². The molecule has 94 valence electrons. The summed E-state index contributed by atoms with van der Waals surface area (Å²) < 4.78 is 10.9. The predicted molar refractivity (Wildman–Crippen MR) is 64.5 cm³/mol. The molecule has 6 heteroatoms. The van der Waals surface area contributed by atoms with Gasteiger partial charge in [-0.15, -0.1) is 10.2 Å². The summed E-state index contributed by atoms with van der Waals surface area (Å²) in [4.78, 5) is 2.31. The van der Waals surface area contributed by atoms with Gasteiger partial charge in [0.25, 0.3) is 0 Å². The lowest BCUT2D eigenvalue weighted by molar-refractivity contribution is 0.0319. The van der Waals surface area contributed by atoms with Gasteiger partial charge in [-0.25, -0.2) is 0 Å². The van der Waals surface area contributed by atoms with Crippen molar-refractivity contribution in [3.05, 3.63) is 16.8 Å². The molecule has 1 aliphatic heterocycles. The highest BCUT2D eigenvalue weighted by Crippen LogP contribution is 2.15. The van der Waals surface area contributed by atoms with E-state index in [0.717, 1.165) is 38.4 Å². The number of halogens is 1. The van der Waals surface area contributed by atoms with E-state index in [1.807, 2.05) is 6.92 Å². The molecule has 0 N–H and O–H groups in total. The highest BCUT2D eigenvalue weighted by molar-refractivity contribution is 6.29. The normalized spacial score (nSPS) is 17.1. The maximum Gasteiger partial charge on any atom is 0.236 e. The van der Waals surface area contributed by atoms with Crippen molar-refractivity contribution in [1.29, 1.82) is 0 Å². The molecule has 2 rings (SSSR count). The van der Waals surface area contributed by atoms with Gasteiger partial charge in [0.05, 0.1) is 13.2 Å². The van der Waals surface area contributed by atoms with Crippen molar-refractivity contribution in [3.8, 4) is 5.88 Å². The molecule has 0 aromatic carbocycles. The van der Waals surface area contributed by atoms with E-state index < -0.39 is 0 Å². The van der Waals surface area contributed by atoms with E-state index >= 15 is 0 Å². The predicted octanol–water partition coefficient (Wildman–Crippen LogP) is 1.15. The average molecular weight is 258 g/mol. The Labute approximate surface area is 106 Å². The van der Waals surface area contributed by atoms with Crippen LogP contribution >= 0.6 is 11.6 Å². The van der Waals surface area contributed by atoms with Crippen LogP contribution in [0.2, 0.25) is 5.15 Å². The molecule has 0 radical (unpaired) electrons. The zero-order chi connectivity index (χ0) is 12.1. The van der Waals surface area contributed by atoms with Crippen molar-refractivity contribution in [2.75, 3.05) is 39.5 Å². The van der Waals surface area contributed by atoms with Gasteiger partial charge in [-0.05, 0) is 13.0 Å². The largest absolute Gasteiger partial charge is 0.475 e. The molecule has 0 saturated carbocycles. The first-order valence-electron chi connectivity index (χ1n) is 5.68. The van der Waals surface area contributed by atoms with Crippen molar-refractivity contribution in [2.24, 2.45) is 0 Å². The minimum atomic E-state index is 0.392. The first-order valence-corrected chi connectivity index (χ1v) is 6.06. The van der Waals surface area contributed by atoms with Crippen molar-refractivity contribution in [2.45, 2.75) is 6.92 Å². The minimum Gasteiger partial charge on any atom is -0.475 e. The fraction of sp³-hybridized carbons (Fsp3) is 0.636. The Balaban J connectivity index is 1.77. The summed E-state index contributed by atoms with van der Waals surface area (Å²) in [7, 11) is 0. The summed E-state index contributed by atoms with van der Waals surface area (Å²) in [5.41, 5.74) is 0.909. The average Bonchev–Trinajstić information content (AvgIpc) is 2.33. The van der Waals surface area contributed by atoms with E-state index in [1.54, 1.807) is 6.07 Å². The second kappa shape index (κ2) is 6.14. The Bertz CT molecular complexity index is 370. The third-order valence-corrected chi connectivity index (χ3v) is 2.84. The number of hydrogen-bond donors (Lipinski definition) is 0. The second-order valence-electron chi connectivity index (χ2n) is 3.96. The first-order chi connectivity index (χ1) is 8.25. The van der Waals surface area contributed by atoms with E-state index in [2.05, 4.69) is 15.1 Å². The third-order valence-electron chi connectivity index (χ3n) is 2.66. The van der Waals surface area contributed by atoms with Gasteiger partial charge in [0.2, 0.25) is 5.88 Å². The molecule has 17 heavy (non-hydrogen) atoms. The van der Waals surface area contributed by atoms with E-state index in [9.17, 15) is 0 Å². The van der Waals surface area contributed by atoms with Gasteiger partial charge >= 0.3 is 0 Å². The van der Waals surface area contributed by atoms with E-state index in [0.29, 0.717) is 17.6 Å². The highest BCUT2D eigenvalue weighted by Gasteiger charge is 2.10. The monoisotopic (exact) mass is 257 g/mol. The van der Waals surface area contributed by atoms with Gasteiger partial charge < -0.3 is 9.47 Å². The topological polar surface area (TPSA) is 47.5 Å². The maximum atomic E-state index is 5.72. The van der Waals surface area contributed by atoms with Crippen LogP contribution in [0.4, 0.5) is 0 Å². The van der Waals surface area contributed by atoms with Crippen LogP contribution in [0.3, 0.4) is 0 Å². The lowest BCUT2D eigenvalue weighted by Gasteiger charge is -2.26. The standard InChI is InChI=1S/C11H16ClN3O2/c1-9-8-10(12)13-14-11(9)17-7-4-15-2-5-16-6-3-15/h8H,2-7H2,1H3. The van der Waals surface area contributed by atoms with Crippen molar-refractivity contribution in [3.63, 3.8) is 0 Å². The van der Waals surface area contributed by atoms with Crippen LogP contribution in [0.25, 0.3) is 0 Å². The highest BCUT2D eigenvalue weighted by atomic mass is 35.5. The number of hydrogen-bond acceptors (Lipinski definition) is 5. The van der Waals surface area contributed by atoms with Crippen LogP contribution in [-0.4, -0.2) is 54.6 Å². The quantitative estimate of drug-likeness (QED) is 0.810. The zero-order valence-electron chi connectivity index (χ0n) is 9.86. The van der Waals surface area contributed by atoms with E-state index in [-0.39, 0.29) is 0 Å². The lowest BCUT2D eigenvalue weighted by Crippen LogP contribution is -2.38. The Hall–Kier alpha value is -0.910. The number of ether oxygens (including phenoxy) is 2. The van der Waals surface area contributed by atoms with Crippen LogP contribution in [0, 0.1) is 6.92 Å². The summed E-state index contributed by atoms with van der Waals surface area (Å²) >= 11 is 5.72. The Morgan fingerprint density at radius 1 is 1.41 bits per heavy atom. The second-order valence-corrected chi connectivity index (χ2v) is 4.34. The molecule has 1 aliphatic rings. The summed E-state index contributed by atoms with van der Waals surface area (Å²) in [5, 5.41) is 8.07. The smallest absolute Gasteiger partial charge is 0.236 e. The minimum absolute atomic E-state index is 0.392. The van der Waals surface area contributed by atoms with Crippen molar-refractivity contribution < 1.29 is 9.47 Å². The van der Waals surface area contributed by atoms with Crippen molar-refractivity contribution >= 4 is 11.6 Å². The van der Waals surface area contributed by atoms with Crippen LogP contribution in [0.5, 0.6) is 5.88 Å². The first kappa shape index (κ1) is 12.5. The van der Waals surface area contributed by atoms with Crippen LogP contribution in [0.1, 0.15) is 5.56 Å². The molecular formula is C11H16ClN3O2. The summed E-state index contributed by atoms with van der Waals surface area (Å²) in [6.07, 6.45) is 0. The number of aromatic nitrogens is 2. The molecule has 2 heterocycles. The van der Waals surface area contributed by atoms with Crippen LogP contribution < -0.4 is 4.74 Å². The molecule has 0 atom stereocenters. The Kier molecular flexibility index (Phi) is 4.53. The fourth-order valence-corrected chi connectivity index (χ4v) is 1.88. The number of morpholine rings is 1. The van der Waals surface area contributed by atoms with Gasteiger partial charge in [-0.2, -0.15) is 0 Å². The molecule has 1 aromatic rings. The third kappa shape index (κ3) is 3.80. The molecule has 0 bridgehead atoms. The van der Waals surface area contributed by atoms with Gasteiger partial charge in [0.1, 0.15) is 6.61 Å². The van der Waals surface area contributed by atoms with E-state index in [1.165, 1.54) is 0 Å². The zero-order valence-corrected chi connectivity index (χ0v) is 10.6. The summed E-state index contributed by atoms with van der Waals surface area (Å²) in [6.45, 7) is 6.94. The Morgan fingerprint density at radius 2 is 2.18 bits per heavy atom. The van der Waals surface area contributed by atoms with Crippen LogP contribution in [0.15, 0.2) is 6.07 Å². The van der Waals surface area contributed by atoms with Gasteiger partial charge in [-0.1, -0.05) is 11.6 Å². The molecule has 0 spiro atoms. The Morgan fingerprint density at radius 3 is 2.88 bits per heavy atom. The molecule has 1 saturated heterocycles. The lowest BCUT2D eigenvalue weighted by atomic mass is 10.3. The number of nitrogens with zero attached hydrogens (tertiary/aromatic N) is 3. The maximum absolute atomic E-state index is 5.72. The number of rotatable bonds is 4. The van der Waals surface area contributed by atoms with Crippen LogP contribution in [-0.2, 0) is 4.74 Å². The van der Waals surface area contributed by atoms with E-state index in [4.69, 9.17) is 21.1 Å². The molecule has 1 aromatic heterocycles. The molecule has 5 nitrogen and oxygen atoms in total. The molecular weight excluding hydrogens is 242 g/mol. The fourth-order valence-electron chi connectivity index (χ4n) is 1.68. The van der Waals surface area contributed by atoms with Gasteiger partial charge in [0, 0.05) is 25.2 Å². The summed E-state index contributed by atoms with van der Waals surface area (Å²) in [5.74, 6) is 0.558. The molecule has 1 fully saturated rings. The van der Waals surface area contributed by atoms with Crippen molar-refractivity contribution in [1.82, 2.24) is 15.1 Å². The molecule has 0 unspecified atom stereocenters. The SMILES string of the molecule is Cc1cc(Cl)nnc1OCCN1CCOCC1. The van der Waals surface area contributed by atoms with Gasteiger partial charge in [0.15, 0.2) is 5.15 Å². The summed E-state index contributed by atoms with van der Waals surface area (Å²) in [6, 6.07) is 1.75. The molecule has 0 amide bonds.